The third-order valence-corrected chi connectivity index (χ3v) is 4.21. The van der Waals surface area contributed by atoms with Crippen LogP contribution in [0.2, 0.25) is 5.02 Å². The van der Waals surface area contributed by atoms with Crippen LogP contribution < -0.4 is 10.1 Å². The first-order valence-electron chi connectivity index (χ1n) is 7.04. The zero-order valence-corrected chi connectivity index (χ0v) is 14.3. The zero-order chi connectivity index (χ0) is 15.1. The lowest BCUT2D eigenvalue weighted by Gasteiger charge is -2.19. The maximum atomic E-state index is 5.88. The van der Waals surface area contributed by atoms with Crippen molar-refractivity contribution in [1.82, 2.24) is 5.32 Å². The van der Waals surface area contributed by atoms with Crippen LogP contribution >= 0.6 is 27.5 Å². The number of rotatable bonds is 7. The maximum Gasteiger partial charge on any atom is 0.119 e. The summed E-state index contributed by atoms with van der Waals surface area (Å²) in [6.45, 7) is 3.64. The van der Waals surface area contributed by atoms with Crippen molar-refractivity contribution in [3.05, 3.63) is 63.6 Å². The van der Waals surface area contributed by atoms with Gasteiger partial charge in [-0.1, -0.05) is 52.7 Å². The summed E-state index contributed by atoms with van der Waals surface area (Å²) in [7, 11) is 0. The van der Waals surface area contributed by atoms with Gasteiger partial charge in [0, 0.05) is 15.5 Å². The molecule has 1 atom stereocenters. The minimum atomic E-state index is 0.268. The molecule has 0 radical (unpaired) electrons. The molecule has 0 saturated heterocycles. The van der Waals surface area contributed by atoms with Crippen LogP contribution in [-0.2, 0) is 6.42 Å². The minimum Gasteiger partial charge on any atom is -0.492 e. The number of hydrogen-bond acceptors (Lipinski definition) is 2. The van der Waals surface area contributed by atoms with E-state index in [2.05, 4.69) is 46.4 Å². The highest BCUT2D eigenvalue weighted by atomic mass is 79.9. The fourth-order valence-corrected chi connectivity index (χ4v) is 2.71. The summed E-state index contributed by atoms with van der Waals surface area (Å²) in [5, 5.41) is 4.19. The zero-order valence-electron chi connectivity index (χ0n) is 12.0. The van der Waals surface area contributed by atoms with Gasteiger partial charge in [0.25, 0.3) is 0 Å². The molecule has 2 aromatic rings. The molecule has 0 bridgehead atoms. The molecule has 112 valence electrons. The van der Waals surface area contributed by atoms with Crippen molar-refractivity contribution in [2.24, 2.45) is 0 Å². The van der Waals surface area contributed by atoms with Gasteiger partial charge < -0.3 is 10.1 Å². The van der Waals surface area contributed by atoms with Gasteiger partial charge in [-0.3, -0.25) is 0 Å². The van der Waals surface area contributed by atoms with E-state index in [0.717, 1.165) is 28.2 Å². The molecule has 2 aromatic carbocycles. The lowest BCUT2D eigenvalue weighted by atomic mass is 10.1. The van der Waals surface area contributed by atoms with Crippen molar-refractivity contribution >= 4 is 27.5 Å². The Kier molecular flexibility index (Phi) is 6.55. The van der Waals surface area contributed by atoms with Crippen molar-refractivity contribution in [3.8, 4) is 5.75 Å². The molecule has 2 rings (SSSR count). The van der Waals surface area contributed by atoms with Crippen molar-refractivity contribution in [2.45, 2.75) is 19.4 Å². The standard InChI is InChI=1S/C17H19BrClNO/c1-2-20-15(11-13-5-3-4-6-17(13)18)12-21-16-9-7-14(19)8-10-16/h3-10,15,20H,2,11-12H2,1H3. The molecule has 0 spiro atoms. The fraction of sp³-hybridized carbons (Fsp3) is 0.294. The van der Waals surface area contributed by atoms with Gasteiger partial charge in [0.15, 0.2) is 0 Å². The molecule has 0 saturated carbocycles. The number of halogens is 2. The molecule has 0 aliphatic heterocycles. The number of nitrogens with one attached hydrogen (secondary N) is 1. The second-order valence-corrected chi connectivity index (χ2v) is 6.11. The van der Waals surface area contributed by atoms with E-state index < -0.39 is 0 Å². The number of likely N-dealkylation sites (N-methyl/N-ethyl adjacent to an activating group) is 1. The topological polar surface area (TPSA) is 21.3 Å². The van der Waals surface area contributed by atoms with E-state index in [1.54, 1.807) is 0 Å². The molecule has 4 heteroatoms. The third-order valence-electron chi connectivity index (χ3n) is 3.18. The third kappa shape index (κ3) is 5.34. The average Bonchev–Trinajstić information content (AvgIpc) is 2.49. The average molecular weight is 369 g/mol. The maximum absolute atomic E-state index is 5.88. The molecule has 0 aromatic heterocycles. The molecule has 0 aliphatic carbocycles. The summed E-state index contributed by atoms with van der Waals surface area (Å²) in [5.74, 6) is 0.842. The first-order chi connectivity index (χ1) is 10.2. The van der Waals surface area contributed by atoms with Gasteiger partial charge in [-0.2, -0.15) is 0 Å². The van der Waals surface area contributed by atoms with Gasteiger partial charge in [0.1, 0.15) is 12.4 Å². The van der Waals surface area contributed by atoms with Crippen LogP contribution in [0, 0.1) is 0 Å². The first-order valence-corrected chi connectivity index (χ1v) is 8.21. The lowest BCUT2D eigenvalue weighted by Crippen LogP contribution is -2.36. The van der Waals surface area contributed by atoms with E-state index in [1.165, 1.54) is 5.56 Å². The molecule has 1 N–H and O–H groups in total. The highest BCUT2D eigenvalue weighted by Gasteiger charge is 2.11. The largest absolute Gasteiger partial charge is 0.492 e. The molecule has 0 heterocycles. The Labute approximate surface area is 139 Å². The van der Waals surface area contributed by atoms with E-state index in [9.17, 15) is 0 Å². The van der Waals surface area contributed by atoms with Crippen LogP contribution in [-0.4, -0.2) is 19.2 Å². The first kappa shape index (κ1) is 16.3. The van der Waals surface area contributed by atoms with Crippen LogP contribution in [0.25, 0.3) is 0 Å². The van der Waals surface area contributed by atoms with E-state index >= 15 is 0 Å². The van der Waals surface area contributed by atoms with Crippen molar-refractivity contribution < 1.29 is 4.74 Å². The summed E-state index contributed by atoms with van der Waals surface area (Å²) >= 11 is 9.47. The monoisotopic (exact) mass is 367 g/mol. The van der Waals surface area contributed by atoms with Gasteiger partial charge >= 0.3 is 0 Å². The Morgan fingerprint density at radius 2 is 1.86 bits per heavy atom. The molecule has 0 aliphatic rings. The van der Waals surface area contributed by atoms with Gasteiger partial charge in [-0.05, 0) is 48.9 Å². The summed E-state index contributed by atoms with van der Waals surface area (Å²) in [6, 6.07) is 16.0. The van der Waals surface area contributed by atoms with Gasteiger partial charge in [-0.25, -0.2) is 0 Å². The second-order valence-electron chi connectivity index (χ2n) is 4.82. The van der Waals surface area contributed by atoms with Crippen LogP contribution in [0.1, 0.15) is 12.5 Å². The Morgan fingerprint density at radius 3 is 2.52 bits per heavy atom. The molecule has 1 unspecified atom stereocenters. The molecular formula is C17H19BrClNO. The minimum absolute atomic E-state index is 0.268. The number of benzene rings is 2. The number of ether oxygens (including phenoxy) is 1. The van der Waals surface area contributed by atoms with E-state index in [4.69, 9.17) is 16.3 Å². The van der Waals surface area contributed by atoms with Crippen molar-refractivity contribution in [1.29, 1.82) is 0 Å². The van der Waals surface area contributed by atoms with E-state index in [-0.39, 0.29) is 6.04 Å². The summed E-state index contributed by atoms with van der Waals surface area (Å²) < 4.78 is 6.99. The summed E-state index contributed by atoms with van der Waals surface area (Å²) in [4.78, 5) is 0. The van der Waals surface area contributed by atoms with Gasteiger partial charge in [-0.15, -0.1) is 0 Å². The Morgan fingerprint density at radius 1 is 1.14 bits per heavy atom. The predicted molar refractivity (Wildman–Crippen MR) is 92.3 cm³/mol. The van der Waals surface area contributed by atoms with Gasteiger partial charge in [0.05, 0.1) is 0 Å². The summed E-state index contributed by atoms with van der Waals surface area (Å²) in [6.07, 6.45) is 0.919. The highest BCUT2D eigenvalue weighted by molar-refractivity contribution is 9.10. The Hall–Kier alpha value is -1.03. The second kappa shape index (κ2) is 8.42. The molecule has 21 heavy (non-hydrogen) atoms. The summed E-state index contributed by atoms with van der Waals surface area (Å²) in [5.41, 5.74) is 1.28. The molecule has 0 fully saturated rings. The fourth-order valence-electron chi connectivity index (χ4n) is 2.14. The predicted octanol–water partition coefficient (Wildman–Crippen LogP) is 4.70. The number of hydrogen-bond donors (Lipinski definition) is 1. The SMILES string of the molecule is CCNC(COc1ccc(Cl)cc1)Cc1ccccc1Br. The van der Waals surface area contributed by atoms with Crippen LogP contribution in [0.3, 0.4) is 0 Å². The molecule has 0 amide bonds. The Balaban J connectivity index is 1.95. The van der Waals surface area contributed by atoms with Crippen LogP contribution in [0.5, 0.6) is 5.75 Å². The van der Waals surface area contributed by atoms with Crippen molar-refractivity contribution in [3.63, 3.8) is 0 Å². The van der Waals surface area contributed by atoms with E-state index in [0.29, 0.717) is 6.61 Å². The van der Waals surface area contributed by atoms with E-state index in [1.807, 2.05) is 30.3 Å². The normalized spacial score (nSPS) is 12.1. The van der Waals surface area contributed by atoms with Crippen molar-refractivity contribution in [2.75, 3.05) is 13.2 Å². The Bertz CT molecular complexity index is 559. The van der Waals surface area contributed by atoms with Crippen LogP contribution in [0.15, 0.2) is 53.0 Å². The molecule has 2 nitrogen and oxygen atoms in total. The highest BCUT2D eigenvalue weighted by Crippen LogP contribution is 2.19. The molecular weight excluding hydrogens is 350 g/mol. The quantitative estimate of drug-likeness (QED) is 0.764. The smallest absolute Gasteiger partial charge is 0.119 e. The van der Waals surface area contributed by atoms with Crippen LogP contribution in [0.4, 0.5) is 0 Å². The van der Waals surface area contributed by atoms with Gasteiger partial charge in [0.2, 0.25) is 0 Å². The lowest BCUT2D eigenvalue weighted by molar-refractivity contribution is 0.264.